The number of alkyl halides is 3. The lowest BCUT2D eigenvalue weighted by Crippen LogP contribution is -2.47. The largest absolute Gasteiger partial charge is 0.433 e. The van der Waals surface area contributed by atoms with Gasteiger partial charge in [-0.1, -0.05) is 18.0 Å². The molecule has 3 atom stereocenters. The Hall–Kier alpha value is -3.41. The average Bonchev–Trinajstić information content (AvgIpc) is 3.51. The molecule has 2 amide bonds. The molecule has 3 unspecified atom stereocenters. The van der Waals surface area contributed by atoms with Gasteiger partial charge in [-0.05, 0) is 49.8 Å². The molecule has 5 rings (SSSR count). The van der Waals surface area contributed by atoms with Crippen LogP contribution in [0.4, 0.5) is 18.9 Å². The van der Waals surface area contributed by atoms with Crippen LogP contribution in [0.3, 0.4) is 0 Å². The molecule has 1 saturated heterocycles. The standard InChI is InChI=1S/C23H23ClF3N7O2/c1-12-9-19(34-29-7-8-30-34)16(24)10-17(12)32-22(36)15-11-31-33(20(15)23(25,26)27)18-4-2-3-14-13(18)5-6-28-21(14)35/h7-11,13-14,18H,2-6H2,1H3,(H,28,35)(H,32,36). The smallest absolute Gasteiger partial charge is 0.356 e. The Morgan fingerprint density at radius 1 is 1.17 bits per heavy atom. The zero-order valence-electron chi connectivity index (χ0n) is 19.2. The van der Waals surface area contributed by atoms with E-state index in [1.807, 2.05) is 0 Å². The normalized spacial score (nSPS) is 22.1. The average molecular weight is 522 g/mol. The summed E-state index contributed by atoms with van der Waals surface area (Å²) in [4.78, 5) is 26.7. The van der Waals surface area contributed by atoms with E-state index in [0.717, 1.165) is 10.9 Å². The van der Waals surface area contributed by atoms with E-state index in [1.54, 1.807) is 13.0 Å². The first-order valence-corrected chi connectivity index (χ1v) is 11.9. The highest BCUT2D eigenvalue weighted by Gasteiger charge is 2.46. The van der Waals surface area contributed by atoms with Gasteiger partial charge in [0.05, 0.1) is 35.2 Å². The number of carbonyl (C=O) groups excluding carboxylic acids is 2. The van der Waals surface area contributed by atoms with Crippen molar-refractivity contribution in [3.63, 3.8) is 0 Å². The molecule has 13 heteroatoms. The van der Waals surface area contributed by atoms with E-state index in [4.69, 9.17) is 11.6 Å². The molecule has 1 aliphatic carbocycles. The van der Waals surface area contributed by atoms with E-state index in [1.165, 1.54) is 23.3 Å². The van der Waals surface area contributed by atoms with Crippen LogP contribution in [-0.4, -0.2) is 43.1 Å². The monoisotopic (exact) mass is 521 g/mol. The molecule has 1 saturated carbocycles. The summed E-state index contributed by atoms with van der Waals surface area (Å²) < 4.78 is 43.8. The maximum atomic E-state index is 14.3. The maximum Gasteiger partial charge on any atom is 0.433 e. The summed E-state index contributed by atoms with van der Waals surface area (Å²) in [5.74, 6) is -1.70. The zero-order chi connectivity index (χ0) is 25.6. The molecular weight excluding hydrogens is 499 g/mol. The number of nitrogens with zero attached hydrogens (tertiary/aromatic N) is 5. The number of piperidine rings is 1. The first kappa shape index (κ1) is 24.3. The highest BCUT2D eigenvalue weighted by atomic mass is 35.5. The van der Waals surface area contributed by atoms with Gasteiger partial charge in [0.15, 0.2) is 5.69 Å². The van der Waals surface area contributed by atoms with E-state index in [9.17, 15) is 22.8 Å². The predicted octanol–water partition coefficient (Wildman–Crippen LogP) is 4.17. The molecule has 2 fully saturated rings. The van der Waals surface area contributed by atoms with Gasteiger partial charge in [0.25, 0.3) is 5.91 Å². The van der Waals surface area contributed by atoms with Crippen molar-refractivity contribution in [1.29, 1.82) is 0 Å². The number of anilines is 1. The van der Waals surface area contributed by atoms with Gasteiger partial charge in [0, 0.05) is 18.2 Å². The zero-order valence-corrected chi connectivity index (χ0v) is 20.0. The summed E-state index contributed by atoms with van der Waals surface area (Å²) in [5.41, 5.74) is -0.423. The number of rotatable bonds is 4. The van der Waals surface area contributed by atoms with Gasteiger partial charge in [-0.25, -0.2) is 0 Å². The number of nitrogens with one attached hydrogen (secondary N) is 2. The van der Waals surface area contributed by atoms with Crippen LogP contribution in [0.15, 0.2) is 30.7 Å². The van der Waals surface area contributed by atoms with Crippen LogP contribution in [0.25, 0.3) is 5.69 Å². The van der Waals surface area contributed by atoms with Crippen LogP contribution in [0.1, 0.15) is 53.3 Å². The van der Waals surface area contributed by atoms with Crippen molar-refractivity contribution >= 4 is 29.1 Å². The molecule has 3 heterocycles. The van der Waals surface area contributed by atoms with Crippen molar-refractivity contribution < 1.29 is 22.8 Å². The van der Waals surface area contributed by atoms with Crippen LogP contribution in [-0.2, 0) is 11.0 Å². The van der Waals surface area contributed by atoms with Crippen LogP contribution in [0.2, 0.25) is 5.02 Å². The lowest BCUT2D eigenvalue weighted by molar-refractivity contribution is -0.147. The molecule has 0 spiro atoms. The highest BCUT2D eigenvalue weighted by Crippen LogP contribution is 2.44. The number of benzene rings is 1. The second-order valence-electron chi connectivity index (χ2n) is 9.09. The predicted molar refractivity (Wildman–Crippen MR) is 124 cm³/mol. The van der Waals surface area contributed by atoms with Crippen molar-refractivity contribution in [2.45, 2.75) is 44.8 Å². The highest BCUT2D eigenvalue weighted by molar-refractivity contribution is 6.32. The van der Waals surface area contributed by atoms with Gasteiger partial charge < -0.3 is 10.6 Å². The van der Waals surface area contributed by atoms with Crippen molar-refractivity contribution in [2.75, 3.05) is 11.9 Å². The number of amides is 2. The molecule has 1 aromatic carbocycles. The topological polar surface area (TPSA) is 107 Å². The van der Waals surface area contributed by atoms with E-state index < -0.39 is 29.4 Å². The summed E-state index contributed by atoms with van der Waals surface area (Å²) in [6.45, 7) is 2.10. The van der Waals surface area contributed by atoms with Crippen molar-refractivity contribution in [3.8, 4) is 5.69 Å². The van der Waals surface area contributed by atoms with Gasteiger partial charge in [-0.2, -0.15) is 33.3 Å². The fraction of sp³-hybridized carbons (Fsp3) is 0.435. The quantitative estimate of drug-likeness (QED) is 0.536. The van der Waals surface area contributed by atoms with E-state index in [0.29, 0.717) is 43.5 Å². The summed E-state index contributed by atoms with van der Waals surface area (Å²) in [7, 11) is 0. The van der Waals surface area contributed by atoms with Gasteiger partial charge in [0.2, 0.25) is 5.91 Å². The van der Waals surface area contributed by atoms with E-state index in [2.05, 4.69) is 25.9 Å². The minimum atomic E-state index is -4.82. The minimum absolute atomic E-state index is 0.129. The molecule has 2 aliphatic rings. The van der Waals surface area contributed by atoms with Gasteiger partial charge in [-0.3, -0.25) is 14.3 Å². The van der Waals surface area contributed by atoms with Gasteiger partial charge in [0.1, 0.15) is 5.69 Å². The first-order valence-electron chi connectivity index (χ1n) is 11.6. The lowest BCUT2D eigenvalue weighted by atomic mass is 9.72. The molecule has 2 aromatic heterocycles. The Morgan fingerprint density at radius 3 is 2.64 bits per heavy atom. The fourth-order valence-electron chi connectivity index (χ4n) is 5.31. The fourth-order valence-corrected chi connectivity index (χ4v) is 5.54. The van der Waals surface area contributed by atoms with Crippen LogP contribution in [0.5, 0.6) is 0 Å². The Morgan fingerprint density at radius 2 is 1.92 bits per heavy atom. The summed E-state index contributed by atoms with van der Waals surface area (Å²) in [6, 6.07) is 2.45. The molecule has 36 heavy (non-hydrogen) atoms. The second kappa shape index (κ2) is 9.23. The number of halogens is 4. The minimum Gasteiger partial charge on any atom is -0.356 e. The third kappa shape index (κ3) is 4.34. The molecule has 190 valence electrons. The lowest BCUT2D eigenvalue weighted by Gasteiger charge is -2.41. The van der Waals surface area contributed by atoms with Crippen molar-refractivity contribution in [2.24, 2.45) is 11.8 Å². The molecular formula is C23H23ClF3N7O2. The van der Waals surface area contributed by atoms with Crippen molar-refractivity contribution in [3.05, 3.63) is 52.6 Å². The molecule has 9 nitrogen and oxygen atoms in total. The van der Waals surface area contributed by atoms with Gasteiger partial charge in [-0.15, -0.1) is 0 Å². The number of aryl methyl sites for hydroxylation is 1. The summed E-state index contributed by atoms with van der Waals surface area (Å²) >= 11 is 6.33. The Kier molecular flexibility index (Phi) is 6.23. The Balaban J connectivity index is 1.47. The number of hydrogen-bond donors (Lipinski definition) is 2. The van der Waals surface area contributed by atoms with Crippen LogP contribution < -0.4 is 10.6 Å². The van der Waals surface area contributed by atoms with Crippen LogP contribution in [0, 0.1) is 18.8 Å². The number of fused-ring (bicyclic) bond motifs is 1. The summed E-state index contributed by atoms with van der Waals surface area (Å²) in [6.07, 6.45) is 1.34. The van der Waals surface area contributed by atoms with Crippen LogP contribution >= 0.6 is 11.6 Å². The number of carbonyl (C=O) groups is 2. The Labute approximate surface area is 209 Å². The number of aromatic nitrogens is 5. The Bertz CT molecular complexity index is 1310. The maximum absolute atomic E-state index is 14.3. The van der Waals surface area contributed by atoms with E-state index in [-0.39, 0.29) is 28.5 Å². The molecule has 3 aromatic rings. The SMILES string of the molecule is Cc1cc(-n2nccn2)c(Cl)cc1NC(=O)c1cnn(C2CCCC3C(=O)NCCC32)c1C(F)(F)F. The summed E-state index contributed by atoms with van der Waals surface area (Å²) in [5, 5.41) is 17.6. The molecule has 0 radical (unpaired) electrons. The van der Waals surface area contributed by atoms with Crippen molar-refractivity contribution in [1.82, 2.24) is 30.1 Å². The third-order valence-electron chi connectivity index (χ3n) is 6.94. The third-order valence-corrected chi connectivity index (χ3v) is 7.24. The molecule has 0 bridgehead atoms. The second-order valence-corrected chi connectivity index (χ2v) is 9.50. The molecule has 2 N–H and O–H groups in total. The number of hydrogen-bond acceptors (Lipinski definition) is 5. The van der Waals surface area contributed by atoms with E-state index >= 15 is 0 Å². The first-order chi connectivity index (χ1) is 17.1. The molecule has 1 aliphatic heterocycles. The van der Waals surface area contributed by atoms with Gasteiger partial charge >= 0.3 is 6.18 Å².